The summed E-state index contributed by atoms with van der Waals surface area (Å²) in [6.45, 7) is 2.70. The quantitative estimate of drug-likeness (QED) is 0.816. The van der Waals surface area contributed by atoms with E-state index in [1.807, 2.05) is 25.1 Å². The molecule has 18 heavy (non-hydrogen) atoms. The summed E-state index contributed by atoms with van der Waals surface area (Å²) in [6.07, 6.45) is 2.54. The summed E-state index contributed by atoms with van der Waals surface area (Å²) in [5.41, 5.74) is 3.14. The summed E-state index contributed by atoms with van der Waals surface area (Å²) in [5, 5.41) is 4.20. The highest BCUT2D eigenvalue weighted by Crippen LogP contribution is 2.38. The van der Waals surface area contributed by atoms with E-state index in [2.05, 4.69) is 27.1 Å². The number of Topliss-reactive ketones (excluding diaryl/α,β-unsaturated/α-hetero) is 1. The molecule has 1 aromatic heterocycles. The zero-order valence-corrected chi connectivity index (χ0v) is 11.6. The van der Waals surface area contributed by atoms with Crippen molar-refractivity contribution in [2.75, 3.05) is 0 Å². The zero-order chi connectivity index (χ0) is 12.7. The maximum absolute atomic E-state index is 12.6. The van der Waals surface area contributed by atoms with E-state index in [1.54, 1.807) is 10.9 Å². The van der Waals surface area contributed by atoms with Crippen LogP contribution in [0, 0.1) is 0 Å². The van der Waals surface area contributed by atoms with Crippen molar-refractivity contribution in [1.29, 1.82) is 0 Å². The Hall–Kier alpha value is -1.42. The van der Waals surface area contributed by atoms with Crippen molar-refractivity contribution in [3.05, 3.63) is 51.8 Å². The molecule has 1 aliphatic rings. The number of halogens is 1. The Morgan fingerprint density at radius 3 is 3.00 bits per heavy atom. The van der Waals surface area contributed by atoms with Gasteiger partial charge < -0.3 is 0 Å². The number of hydrogen-bond donors (Lipinski definition) is 0. The fourth-order valence-corrected chi connectivity index (χ4v) is 3.00. The molecule has 2 aromatic rings. The number of hydrogen-bond acceptors (Lipinski definition) is 2. The summed E-state index contributed by atoms with van der Waals surface area (Å²) in [7, 11) is 0. The van der Waals surface area contributed by atoms with E-state index >= 15 is 0 Å². The number of aromatic nitrogens is 2. The lowest BCUT2D eigenvalue weighted by molar-refractivity contribution is 0.0937. The topological polar surface area (TPSA) is 34.9 Å². The second kappa shape index (κ2) is 4.35. The summed E-state index contributed by atoms with van der Waals surface area (Å²) >= 11 is 3.42. The van der Waals surface area contributed by atoms with Crippen LogP contribution >= 0.6 is 15.9 Å². The first-order valence-corrected chi connectivity index (χ1v) is 6.85. The van der Waals surface area contributed by atoms with Crippen LogP contribution in [0.25, 0.3) is 0 Å². The minimum Gasteiger partial charge on any atom is -0.292 e. The predicted octanol–water partition coefficient (Wildman–Crippen LogP) is 3.19. The van der Waals surface area contributed by atoms with Crippen molar-refractivity contribution < 1.29 is 4.79 Å². The van der Waals surface area contributed by atoms with Crippen molar-refractivity contribution in [3.8, 4) is 0 Å². The van der Waals surface area contributed by atoms with Crippen molar-refractivity contribution in [2.24, 2.45) is 0 Å². The number of ketones is 1. The molecule has 3 nitrogen and oxygen atoms in total. The van der Waals surface area contributed by atoms with Crippen molar-refractivity contribution >= 4 is 21.7 Å². The van der Waals surface area contributed by atoms with E-state index in [4.69, 9.17) is 0 Å². The zero-order valence-electron chi connectivity index (χ0n) is 10.1. The van der Waals surface area contributed by atoms with Gasteiger partial charge in [0.1, 0.15) is 5.69 Å². The Bertz CT molecular complexity index is 618. The number of nitrogens with zero attached hydrogens (tertiary/aromatic N) is 2. The highest BCUT2D eigenvalue weighted by Gasteiger charge is 2.34. The Labute approximate surface area is 114 Å². The summed E-state index contributed by atoms with van der Waals surface area (Å²) in [5.74, 6) is 0.166. The first kappa shape index (κ1) is 11.7. The van der Waals surface area contributed by atoms with Gasteiger partial charge in [0.15, 0.2) is 5.78 Å². The maximum atomic E-state index is 12.6. The number of carbonyl (C=O) groups excluding carboxylic acids is 1. The number of carbonyl (C=O) groups is 1. The van der Waals surface area contributed by atoms with Gasteiger partial charge in [-0.1, -0.05) is 24.3 Å². The minimum atomic E-state index is -0.000463. The van der Waals surface area contributed by atoms with Crippen molar-refractivity contribution in [1.82, 2.24) is 9.78 Å². The molecule has 0 aliphatic heterocycles. The summed E-state index contributed by atoms with van der Waals surface area (Å²) in [6, 6.07) is 8.14. The Kier molecular flexibility index (Phi) is 2.82. The summed E-state index contributed by atoms with van der Waals surface area (Å²) in [4.78, 5) is 12.6. The van der Waals surface area contributed by atoms with Crippen LogP contribution < -0.4 is 0 Å². The van der Waals surface area contributed by atoms with Crippen LogP contribution in [0.15, 0.2) is 34.9 Å². The first-order chi connectivity index (χ1) is 8.72. The third-order valence-electron chi connectivity index (χ3n) is 3.50. The second-order valence-corrected chi connectivity index (χ2v) is 5.33. The van der Waals surface area contributed by atoms with E-state index in [0.717, 1.165) is 10.9 Å². The van der Waals surface area contributed by atoms with Gasteiger partial charge >= 0.3 is 0 Å². The summed E-state index contributed by atoms with van der Waals surface area (Å²) < 4.78 is 2.55. The van der Waals surface area contributed by atoms with Crippen molar-refractivity contribution in [3.63, 3.8) is 0 Å². The SMILES string of the molecule is CCn1ncc(Br)c1C(=O)C1Cc2ccccc21. The molecule has 0 bridgehead atoms. The molecule has 1 aliphatic carbocycles. The lowest BCUT2D eigenvalue weighted by Crippen LogP contribution is -2.27. The standard InChI is InChI=1S/C14H13BrN2O/c1-2-17-13(12(15)8-16-17)14(18)11-7-9-5-3-4-6-10(9)11/h3-6,8,11H,2,7H2,1H3. The number of rotatable bonds is 3. The van der Waals surface area contributed by atoms with Gasteiger partial charge in [0.2, 0.25) is 0 Å². The van der Waals surface area contributed by atoms with Gasteiger partial charge in [0.25, 0.3) is 0 Å². The number of aryl methyl sites for hydroxylation is 1. The van der Waals surface area contributed by atoms with Crippen LogP contribution in [0.3, 0.4) is 0 Å². The molecule has 0 saturated heterocycles. The molecule has 0 saturated carbocycles. The third kappa shape index (κ3) is 1.63. The van der Waals surface area contributed by atoms with Gasteiger partial charge in [-0.25, -0.2) is 0 Å². The molecule has 0 fully saturated rings. The lowest BCUT2D eigenvalue weighted by Gasteiger charge is -2.28. The van der Waals surface area contributed by atoms with Gasteiger partial charge in [0.05, 0.1) is 16.6 Å². The molecule has 1 atom stereocenters. The smallest absolute Gasteiger partial charge is 0.189 e. The van der Waals surface area contributed by atoms with E-state index in [-0.39, 0.29) is 11.7 Å². The minimum absolute atomic E-state index is 0.000463. The molecule has 1 aromatic carbocycles. The largest absolute Gasteiger partial charge is 0.292 e. The Morgan fingerprint density at radius 1 is 1.50 bits per heavy atom. The van der Waals surface area contributed by atoms with Gasteiger partial charge in [-0.15, -0.1) is 0 Å². The monoisotopic (exact) mass is 304 g/mol. The van der Waals surface area contributed by atoms with Crippen LogP contribution in [0.5, 0.6) is 0 Å². The van der Waals surface area contributed by atoms with Crippen LogP contribution in [-0.2, 0) is 13.0 Å². The molecular weight excluding hydrogens is 292 g/mol. The molecule has 0 N–H and O–H groups in total. The maximum Gasteiger partial charge on any atom is 0.189 e. The van der Waals surface area contributed by atoms with Gasteiger partial charge in [0, 0.05) is 6.54 Å². The fourth-order valence-electron chi connectivity index (χ4n) is 2.50. The average Bonchev–Trinajstić information content (AvgIpc) is 2.72. The highest BCUT2D eigenvalue weighted by molar-refractivity contribution is 9.10. The van der Waals surface area contributed by atoms with Crippen LogP contribution in [0.2, 0.25) is 0 Å². The van der Waals surface area contributed by atoms with Crippen LogP contribution in [0.4, 0.5) is 0 Å². The van der Waals surface area contributed by atoms with Gasteiger partial charge in [-0.05, 0) is 40.4 Å². The van der Waals surface area contributed by atoms with Crippen LogP contribution in [-0.4, -0.2) is 15.6 Å². The lowest BCUT2D eigenvalue weighted by atomic mass is 9.74. The molecular formula is C14H13BrN2O. The molecule has 4 heteroatoms. The van der Waals surface area contributed by atoms with Crippen molar-refractivity contribution in [2.45, 2.75) is 25.8 Å². The number of benzene rings is 1. The third-order valence-corrected chi connectivity index (χ3v) is 4.08. The Balaban J connectivity index is 1.96. The van der Waals surface area contributed by atoms with Crippen LogP contribution in [0.1, 0.15) is 34.5 Å². The molecule has 3 rings (SSSR count). The first-order valence-electron chi connectivity index (χ1n) is 6.05. The van der Waals surface area contributed by atoms with E-state index < -0.39 is 0 Å². The predicted molar refractivity (Wildman–Crippen MR) is 72.8 cm³/mol. The van der Waals surface area contributed by atoms with Gasteiger partial charge in [-0.2, -0.15) is 5.10 Å². The molecule has 0 spiro atoms. The Morgan fingerprint density at radius 2 is 2.28 bits per heavy atom. The van der Waals surface area contributed by atoms with E-state index in [1.165, 1.54) is 11.1 Å². The molecule has 0 amide bonds. The normalized spacial score (nSPS) is 17.1. The van der Waals surface area contributed by atoms with E-state index in [9.17, 15) is 4.79 Å². The second-order valence-electron chi connectivity index (χ2n) is 4.48. The van der Waals surface area contributed by atoms with Gasteiger partial charge in [-0.3, -0.25) is 9.48 Å². The molecule has 92 valence electrons. The highest BCUT2D eigenvalue weighted by atomic mass is 79.9. The molecule has 1 heterocycles. The van der Waals surface area contributed by atoms with E-state index in [0.29, 0.717) is 12.2 Å². The average molecular weight is 305 g/mol. The number of fused-ring (bicyclic) bond motifs is 1. The molecule has 0 radical (unpaired) electrons. The fraction of sp³-hybridized carbons (Fsp3) is 0.286. The molecule has 1 unspecified atom stereocenters.